The van der Waals surface area contributed by atoms with Crippen molar-refractivity contribution in [3.05, 3.63) is 30.1 Å². The number of carbonyl (C=O) groups excluding carboxylic acids is 1. The third-order valence-corrected chi connectivity index (χ3v) is 7.00. The van der Waals surface area contributed by atoms with E-state index in [-0.39, 0.29) is 18.0 Å². The van der Waals surface area contributed by atoms with Gasteiger partial charge in [-0.25, -0.2) is 12.8 Å². The minimum atomic E-state index is -4.08. The van der Waals surface area contributed by atoms with E-state index in [1.807, 2.05) is 11.8 Å². The second-order valence-electron chi connectivity index (χ2n) is 7.22. The molecule has 5 nitrogen and oxygen atoms in total. The lowest BCUT2D eigenvalue weighted by atomic mass is 9.85. The van der Waals surface area contributed by atoms with E-state index in [0.29, 0.717) is 5.92 Å². The smallest absolute Gasteiger partial charge is 0.244 e. The summed E-state index contributed by atoms with van der Waals surface area (Å²) in [5.41, 5.74) is 0. The van der Waals surface area contributed by atoms with Gasteiger partial charge in [-0.05, 0) is 51.2 Å². The third kappa shape index (κ3) is 3.58. The fraction of sp³-hybridized carbons (Fsp3) is 0.611. The van der Waals surface area contributed by atoms with Crippen molar-refractivity contribution >= 4 is 15.9 Å². The topological polar surface area (TPSA) is 66.5 Å². The SMILES string of the molecule is C[C@H](NS(=O)(=O)c1ccccc1F)C(=O)N1[C@H](C)C[C@@H]2CCCC[C@H]21. The summed E-state index contributed by atoms with van der Waals surface area (Å²) in [6.45, 7) is 3.55. The van der Waals surface area contributed by atoms with E-state index in [4.69, 9.17) is 0 Å². The van der Waals surface area contributed by atoms with Crippen LogP contribution in [0, 0.1) is 11.7 Å². The van der Waals surface area contributed by atoms with Crippen molar-refractivity contribution in [1.29, 1.82) is 0 Å². The van der Waals surface area contributed by atoms with Gasteiger partial charge in [0, 0.05) is 12.1 Å². The maximum absolute atomic E-state index is 13.8. The zero-order valence-corrected chi connectivity index (χ0v) is 15.4. The molecule has 0 spiro atoms. The number of hydrogen-bond acceptors (Lipinski definition) is 3. The maximum Gasteiger partial charge on any atom is 0.244 e. The van der Waals surface area contributed by atoms with Crippen molar-refractivity contribution in [3.8, 4) is 0 Å². The lowest BCUT2D eigenvalue weighted by Gasteiger charge is -2.35. The molecule has 4 atom stereocenters. The molecule has 2 aliphatic rings. The molecule has 138 valence electrons. The van der Waals surface area contributed by atoms with Crippen molar-refractivity contribution in [2.45, 2.75) is 69.0 Å². The number of benzene rings is 1. The van der Waals surface area contributed by atoms with E-state index in [1.54, 1.807) is 0 Å². The number of carbonyl (C=O) groups is 1. The number of likely N-dealkylation sites (tertiary alicyclic amines) is 1. The van der Waals surface area contributed by atoms with Crippen LogP contribution >= 0.6 is 0 Å². The lowest BCUT2D eigenvalue weighted by Crippen LogP contribution is -2.51. The first-order valence-electron chi connectivity index (χ1n) is 8.90. The van der Waals surface area contributed by atoms with E-state index in [9.17, 15) is 17.6 Å². The Labute approximate surface area is 148 Å². The standard InChI is InChI=1S/C18H25FN2O3S/c1-12-11-14-7-3-5-9-16(14)21(12)18(22)13(2)20-25(23,24)17-10-6-4-8-15(17)19/h4,6,8,10,12-14,16,20H,3,5,7,9,11H2,1-2H3/t12-,13+,14+,16-/m1/s1. The molecule has 0 radical (unpaired) electrons. The van der Waals surface area contributed by atoms with Crippen LogP contribution in [0.4, 0.5) is 4.39 Å². The molecule has 1 saturated heterocycles. The van der Waals surface area contributed by atoms with Gasteiger partial charge < -0.3 is 4.90 Å². The first-order valence-corrected chi connectivity index (χ1v) is 10.4. The van der Waals surface area contributed by atoms with Crippen LogP contribution in [0.25, 0.3) is 0 Å². The molecule has 1 N–H and O–H groups in total. The average molecular weight is 368 g/mol. The molecule has 1 saturated carbocycles. The number of nitrogens with one attached hydrogen (secondary N) is 1. The molecule has 0 aromatic heterocycles. The van der Waals surface area contributed by atoms with E-state index >= 15 is 0 Å². The van der Waals surface area contributed by atoms with Gasteiger partial charge in [-0.1, -0.05) is 25.0 Å². The van der Waals surface area contributed by atoms with Crippen molar-refractivity contribution in [2.24, 2.45) is 5.92 Å². The Morgan fingerprint density at radius 1 is 1.28 bits per heavy atom. The highest BCUT2D eigenvalue weighted by atomic mass is 32.2. The highest BCUT2D eigenvalue weighted by Gasteiger charge is 2.44. The monoisotopic (exact) mass is 368 g/mol. The lowest BCUT2D eigenvalue weighted by molar-refractivity contribution is -0.136. The molecule has 1 aliphatic heterocycles. The largest absolute Gasteiger partial charge is 0.335 e. The normalized spacial score (nSPS) is 27.8. The van der Waals surface area contributed by atoms with Gasteiger partial charge in [-0.15, -0.1) is 0 Å². The summed E-state index contributed by atoms with van der Waals surface area (Å²) >= 11 is 0. The predicted molar refractivity (Wildman–Crippen MR) is 92.9 cm³/mol. The van der Waals surface area contributed by atoms with Crippen molar-refractivity contribution in [2.75, 3.05) is 0 Å². The fourth-order valence-corrected chi connectivity index (χ4v) is 5.60. The Balaban J connectivity index is 1.75. The van der Waals surface area contributed by atoms with Crippen LogP contribution in [0.5, 0.6) is 0 Å². The number of nitrogens with zero attached hydrogens (tertiary/aromatic N) is 1. The Morgan fingerprint density at radius 2 is 1.96 bits per heavy atom. The maximum atomic E-state index is 13.8. The summed E-state index contributed by atoms with van der Waals surface area (Å²) in [7, 11) is -4.08. The van der Waals surface area contributed by atoms with Crippen LogP contribution in [0.3, 0.4) is 0 Å². The Hall–Kier alpha value is -1.47. The molecular weight excluding hydrogens is 343 g/mol. The van der Waals surface area contributed by atoms with E-state index < -0.39 is 26.8 Å². The molecule has 0 bridgehead atoms. The van der Waals surface area contributed by atoms with Gasteiger partial charge in [0.2, 0.25) is 15.9 Å². The third-order valence-electron chi connectivity index (χ3n) is 5.43. The number of hydrogen-bond donors (Lipinski definition) is 1. The van der Waals surface area contributed by atoms with Crippen LogP contribution in [0.1, 0.15) is 46.0 Å². The van der Waals surface area contributed by atoms with Crippen molar-refractivity contribution < 1.29 is 17.6 Å². The van der Waals surface area contributed by atoms with Crippen molar-refractivity contribution in [1.82, 2.24) is 9.62 Å². The van der Waals surface area contributed by atoms with E-state index in [0.717, 1.165) is 31.7 Å². The highest BCUT2D eigenvalue weighted by Crippen LogP contribution is 2.39. The highest BCUT2D eigenvalue weighted by molar-refractivity contribution is 7.89. The van der Waals surface area contributed by atoms with Crippen LogP contribution < -0.4 is 4.72 Å². The summed E-state index contributed by atoms with van der Waals surface area (Å²) in [4.78, 5) is 14.3. The number of fused-ring (bicyclic) bond motifs is 1. The van der Waals surface area contributed by atoms with Gasteiger partial charge >= 0.3 is 0 Å². The second kappa shape index (κ2) is 7.03. The fourth-order valence-electron chi connectivity index (χ4n) is 4.32. The van der Waals surface area contributed by atoms with Gasteiger partial charge in [0.1, 0.15) is 10.7 Å². The minimum absolute atomic E-state index is 0.112. The molecular formula is C18H25FN2O3S. The van der Waals surface area contributed by atoms with Crippen molar-refractivity contribution in [3.63, 3.8) is 0 Å². The summed E-state index contributed by atoms with van der Waals surface area (Å²) in [5.74, 6) is -0.526. The molecule has 1 aromatic rings. The Bertz CT molecular complexity index is 752. The summed E-state index contributed by atoms with van der Waals surface area (Å²) in [6.07, 6.45) is 5.39. The Kier molecular flexibility index (Phi) is 5.16. The number of halogens is 1. The van der Waals surface area contributed by atoms with Gasteiger partial charge in [0.15, 0.2) is 0 Å². The van der Waals surface area contributed by atoms with Gasteiger partial charge in [0.05, 0.1) is 6.04 Å². The molecule has 3 rings (SSSR count). The molecule has 7 heteroatoms. The molecule has 1 heterocycles. The van der Waals surface area contributed by atoms with E-state index in [1.165, 1.54) is 31.5 Å². The van der Waals surface area contributed by atoms with E-state index in [2.05, 4.69) is 4.72 Å². The van der Waals surface area contributed by atoms with Gasteiger partial charge in [-0.2, -0.15) is 4.72 Å². The first kappa shape index (κ1) is 18.3. The molecule has 2 fully saturated rings. The molecule has 25 heavy (non-hydrogen) atoms. The minimum Gasteiger partial charge on any atom is -0.335 e. The molecule has 1 aromatic carbocycles. The van der Waals surface area contributed by atoms with Crippen LogP contribution in [0.2, 0.25) is 0 Å². The van der Waals surface area contributed by atoms with Crippen LogP contribution in [0.15, 0.2) is 29.2 Å². The molecule has 1 aliphatic carbocycles. The zero-order valence-electron chi connectivity index (χ0n) is 14.6. The summed E-state index contributed by atoms with van der Waals surface area (Å²) in [5, 5.41) is 0. The summed E-state index contributed by atoms with van der Waals surface area (Å²) < 4.78 is 41.0. The quantitative estimate of drug-likeness (QED) is 0.888. The van der Waals surface area contributed by atoms with Crippen LogP contribution in [-0.2, 0) is 14.8 Å². The number of amides is 1. The average Bonchev–Trinajstić information content (AvgIpc) is 2.89. The Morgan fingerprint density at radius 3 is 2.68 bits per heavy atom. The van der Waals surface area contributed by atoms with Gasteiger partial charge in [-0.3, -0.25) is 4.79 Å². The van der Waals surface area contributed by atoms with Crippen LogP contribution in [-0.4, -0.2) is 37.4 Å². The zero-order chi connectivity index (χ0) is 18.2. The first-order chi connectivity index (χ1) is 11.8. The number of rotatable bonds is 4. The second-order valence-corrected chi connectivity index (χ2v) is 8.90. The molecule has 1 amide bonds. The number of sulfonamides is 1. The summed E-state index contributed by atoms with van der Waals surface area (Å²) in [6, 6.07) is 4.57. The predicted octanol–water partition coefficient (Wildman–Crippen LogP) is 2.67. The van der Waals surface area contributed by atoms with Gasteiger partial charge in [0.25, 0.3) is 0 Å². The molecule has 0 unspecified atom stereocenters.